The van der Waals surface area contributed by atoms with E-state index in [9.17, 15) is 4.79 Å². The van der Waals surface area contributed by atoms with Crippen molar-refractivity contribution in [2.75, 3.05) is 6.54 Å². The zero-order chi connectivity index (χ0) is 5.82. The van der Waals surface area contributed by atoms with E-state index in [2.05, 4.69) is 5.32 Å². The van der Waals surface area contributed by atoms with E-state index in [1.165, 1.54) is 6.42 Å². The summed E-state index contributed by atoms with van der Waals surface area (Å²) < 4.78 is 0. The summed E-state index contributed by atoms with van der Waals surface area (Å²) in [5.74, 6) is 0.225. The van der Waals surface area contributed by atoms with Gasteiger partial charge in [0, 0.05) is 13.0 Å². The van der Waals surface area contributed by atoms with Gasteiger partial charge in [0.05, 0.1) is 0 Å². The summed E-state index contributed by atoms with van der Waals surface area (Å²) in [7, 11) is 0. The van der Waals surface area contributed by atoms with Crippen molar-refractivity contribution in [1.82, 2.24) is 5.32 Å². The van der Waals surface area contributed by atoms with Gasteiger partial charge in [-0.3, -0.25) is 4.79 Å². The molecule has 0 unspecified atom stereocenters. The Kier molecular flexibility index (Phi) is 15.9. The average molecular weight is 193 g/mol. The van der Waals surface area contributed by atoms with Crippen LogP contribution in [0.5, 0.6) is 0 Å². The summed E-state index contributed by atoms with van der Waals surface area (Å²) in [5.41, 5.74) is 0. The van der Waals surface area contributed by atoms with Crippen LogP contribution in [0.3, 0.4) is 0 Å². The Morgan fingerprint density at radius 2 is 1.73 bits per heavy atom. The predicted octanol–water partition coefficient (Wildman–Crippen LogP) is 0.437. The van der Waals surface area contributed by atoms with Gasteiger partial charge in [-0.25, -0.2) is 0 Å². The molecule has 1 rings (SSSR count). The summed E-state index contributed by atoms with van der Waals surface area (Å²) in [6.45, 7) is 0.888. The molecule has 5 heteroatoms. The largest absolute Gasteiger partial charge is 4.00 e. The molecule has 0 radical (unpaired) electrons. The molecular formula is C6H11NO3Ti. The maximum Gasteiger partial charge on any atom is 4.00 e. The van der Waals surface area contributed by atoms with Crippen LogP contribution in [0.15, 0.2) is 0 Å². The normalized spacial score (nSPS) is 15.8. The fourth-order valence-corrected chi connectivity index (χ4v) is 0.904. The Balaban J connectivity index is -0.000000213. The summed E-state index contributed by atoms with van der Waals surface area (Å²) in [5, 5.41) is 2.81. The fraction of sp³-hybridized carbons (Fsp3) is 0.833. The van der Waals surface area contributed by atoms with Gasteiger partial charge in [-0.05, 0) is 12.8 Å². The second-order valence-corrected chi connectivity index (χ2v) is 2.16. The van der Waals surface area contributed by atoms with Crippen LogP contribution in [0.4, 0.5) is 0 Å². The molecule has 0 bridgehead atoms. The number of carbonyl (C=O) groups excluding carboxylic acids is 1. The first-order valence-corrected chi connectivity index (χ1v) is 3.16. The van der Waals surface area contributed by atoms with Gasteiger partial charge in [-0.2, -0.15) is 0 Å². The molecule has 62 valence electrons. The van der Waals surface area contributed by atoms with Crippen molar-refractivity contribution in [3.8, 4) is 0 Å². The van der Waals surface area contributed by atoms with Crippen molar-refractivity contribution >= 4 is 5.91 Å². The molecule has 0 aromatic carbocycles. The van der Waals surface area contributed by atoms with Crippen LogP contribution >= 0.6 is 0 Å². The van der Waals surface area contributed by atoms with Crippen molar-refractivity contribution in [2.45, 2.75) is 25.7 Å². The molecule has 1 amide bonds. The molecule has 0 spiro atoms. The summed E-state index contributed by atoms with van der Waals surface area (Å²) >= 11 is 0. The third-order valence-corrected chi connectivity index (χ3v) is 1.40. The smallest absolute Gasteiger partial charge is 2.00 e. The monoisotopic (exact) mass is 193 g/mol. The Morgan fingerprint density at radius 3 is 2.36 bits per heavy atom. The number of rotatable bonds is 0. The molecule has 0 aliphatic carbocycles. The molecule has 11 heavy (non-hydrogen) atoms. The Labute approximate surface area is 81.2 Å². The van der Waals surface area contributed by atoms with Gasteiger partial charge in [0.15, 0.2) is 0 Å². The molecule has 1 aliphatic rings. The zero-order valence-electron chi connectivity index (χ0n) is 6.26. The third kappa shape index (κ3) is 8.01. The fourth-order valence-electron chi connectivity index (χ4n) is 0.904. The molecule has 1 aliphatic heterocycles. The molecule has 4 nitrogen and oxygen atoms in total. The van der Waals surface area contributed by atoms with E-state index in [-0.39, 0.29) is 38.6 Å². The first kappa shape index (κ1) is 17.3. The summed E-state index contributed by atoms with van der Waals surface area (Å²) in [6.07, 6.45) is 4.18. The Hall–Kier alpha value is 0.104. The summed E-state index contributed by atoms with van der Waals surface area (Å²) in [6, 6.07) is 0. The number of carbonyl (C=O) groups is 1. The van der Waals surface area contributed by atoms with Gasteiger partial charge in [-0.15, -0.1) is 0 Å². The van der Waals surface area contributed by atoms with Crippen LogP contribution < -0.4 is 5.32 Å². The molecule has 0 atom stereocenters. The second kappa shape index (κ2) is 10.1. The quantitative estimate of drug-likeness (QED) is 0.555. The molecule has 0 aromatic rings. The SMILES string of the molecule is O=C1CCCCCN1.[O-2].[O-2].[Ti+4]. The van der Waals surface area contributed by atoms with Crippen LogP contribution in [0.25, 0.3) is 0 Å². The minimum Gasteiger partial charge on any atom is -2.00 e. The Bertz CT molecular complexity index is 89.8. The van der Waals surface area contributed by atoms with Crippen molar-refractivity contribution in [2.24, 2.45) is 0 Å². The molecule has 0 aromatic heterocycles. The van der Waals surface area contributed by atoms with Crippen LogP contribution in [0, 0.1) is 0 Å². The van der Waals surface area contributed by atoms with E-state index in [0.717, 1.165) is 25.8 Å². The van der Waals surface area contributed by atoms with Gasteiger partial charge < -0.3 is 16.3 Å². The van der Waals surface area contributed by atoms with E-state index >= 15 is 0 Å². The predicted molar refractivity (Wildman–Crippen MR) is 32.9 cm³/mol. The van der Waals surface area contributed by atoms with E-state index in [1.54, 1.807) is 0 Å². The van der Waals surface area contributed by atoms with Crippen LogP contribution in [0.1, 0.15) is 25.7 Å². The molecule has 0 saturated carbocycles. The van der Waals surface area contributed by atoms with Crippen LogP contribution in [-0.4, -0.2) is 12.5 Å². The minimum absolute atomic E-state index is 0. The Morgan fingerprint density at radius 1 is 1.09 bits per heavy atom. The van der Waals surface area contributed by atoms with E-state index in [0.29, 0.717) is 0 Å². The molecular weight excluding hydrogens is 182 g/mol. The van der Waals surface area contributed by atoms with Gasteiger partial charge >= 0.3 is 21.7 Å². The van der Waals surface area contributed by atoms with Crippen LogP contribution in [0.2, 0.25) is 0 Å². The first-order chi connectivity index (χ1) is 3.89. The summed E-state index contributed by atoms with van der Waals surface area (Å²) in [4.78, 5) is 10.6. The van der Waals surface area contributed by atoms with Crippen molar-refractivity contribution in [3.05, 3.63) is 0 Å². The number of amides is 1. The number of nitrogens with one attached hydrogen (secondary N) is 1. The van der Waals surface area contributed by atoms with E-state index in [4.69, 9.17) is 0 Å². The second-order valence-electron chi connectivity index (χ2n) is 2.16. The molecule has 1 saturated heterocycles. The van der Waals surface area contributed by atoms with Gasteiger partial charge in [0.25, 0.3) is 0 Å². The van der Waals surface area contributed by atoms with Gasteiger partial charge in [0.2, 0.25) is 5.91 Å². The zero-order valence-corrected chi connectivity index (χ0v) is 7.82. The van der Waals surface area contributed by atoms with Crippen molar-refractivity contribution < 1.29 is 37.5 Å². The van der Waals surface area contributed by atoms with Crippen molar-refractivity contribution in [1.29, 1.82) is 0 Å². The topological polar surface area (TPSA) is 86.1 Å². The van der Waals surface area contributed by atoms with Crippen LogP contribution in [-0.2, 0) is 37.5 Å². The molecule has 1 fully saturated rings. The minimum atomic E-state index is 0. The van der Waals surface area contributed by atoms with Gasteiger partial charge in [0.1, 0.15) is 0 Å². The maximum absolute atomic E-state index is 10.6. The number of hydrogen-bond acceptors (Lipinski definition) is 1. The van der Waals surface area contributed by atoms with E-state index in [1.807, 2.05) is 0 Å². The van der Waals surface area contributed by atoms with E-state index < -0.39 is 0 Å². The first-order valence-electron chi connectivity index (χ1n) is 3.16. The molecule has 1 heterocycles. The standard InChI is InChI=1S/C6H11NO.2O.Ti/c8-6-4-2-1-3-5-7-6;;;/h1-5H2,(H,7,8);;;/q;2*-2;+4. The maximum atomic E-state index is 10.6. The van der Waals surface area contributed by atoms with Crippen molar-refractivity contribution in [3.63, 3.8) is 0 Å². The number of hydrogen-bond donors (Lipinski definition) is 1. The average Bonchev–Trinajstić information content (AvgIpc) is 1.94. The third-order valence-electron chi connectivity index (χ3n) is 1.40. The molecule has 1 N–H and O–H groups in total. The van der Waals surface area contributed by atoms with Gasteiger partial charge in [-0.1, -0.05) is 6.42 Å².